The van der Waals surface area contributed by atoms with Crippen molar-refractivity contribution in [2.75, 3.05) is 32.7 Å². The average Bonchev–Trinajstić information content (AvgIpc) is 2.79. The fourth-order valence-electron chi connectivity index (χ4n) is 2.67. The summed E-state index contributed by atoms with van der Waals surface area (Å²) in [5.41, 5.74) is 2.68. The van der Waals surface area contributed by atoms with E-state index in [0.29, 0.717) is 35.2 Å². The minimum Gasteiger partial charge on any atom is -0.495 e. The standard InChI is InChI=1S/C21H21N5O3S/c1-28-18-5-3-14(11-15(18)13-22)17-7-8-23-21(26-17)25-16-4-6-20(19(12-16)29-2)30-24-9-10-27/h3-8,11-12,24,27H,9-10H2,1-2H3,(H,23,25,26). The summed E-state index contributed by atoms with van der Waals surface area (Å²) in [4.78, 5) is 9.72. The van der Waals surface area contributed by atoms with E-state index in [1.54, 1.807) is 31.5 Å². The number of nitrogens with zero attached hydrogens (tertiary/aromatic N) is 3. The molecule has 0 fully saturated rings. The van der Waals surface area contributed by atoms with E-state index in [4.69, 9.17) is 14.6 Å². The van der Waals surface area contributed by atoms with Gasteiger partial charge in [0.2, 0.25) is 5.95 Å². The maximum atomic E-state index is 9.30. The van der Waals surface area contributed by atoms with E-state index < -0.39 is 0 Å². The first-order valence-electron chi connectivity index (χ1n) is 9.05. The fraction of sp³-hybridized carbons (Fsp3) is 0.190. The van der Waals surface area contributed by atoms with Crippen molar-refractivity contribution in [3.63, 3.8) is 0 Å². The molecule has 0 spiro atoms. The van der Waals surface area contributed by atoms with Gasteiger partial charge in [-0.25, -0.2) is 9.97 Å². The molecule has 0 atom stereocenters. The predicted molar refractivity (Wildman–Crippen MR) is 116 cm³/mol. The third-order valence-electron chi connectivity index (χ3n) is 4.09. The van der Waals surface area contributed by atoms with E-state index in [2.05, 4.69) is 26.1 Å². The summed E-state index contributed by atoms with van der Waals surface area (Å²) < 4.78 is 13.7. The van der Waals surface area contributed by atoms with E-state index >= 15 is 0 Å². The maximum Gasteiger partial charge on any atom is 0.227 e. The topological polar surface area (TPSA) is 112 Å². The molecule has 0 unspecified atom stereocenters. The van der Waals surface area contributed by atoms with Crippen LogP contribution in [0.5, 0.6) is 11.5 Å². The van der Waals surface area contributed by atoms with Crippen LogP contribution in [0.15, 0.2) is 53.6 Å². The smallest absolute Gasteiger partial charge is 0.227 e. The van der Waals surface area contributed by atoms with Gasteiger partial charge in [-0.1, -0.05) is 0 Å². The highest BCUT2D eigenvalue weighted by Gasteiger charge is 2.09. The number of nitriles is 1. The Bertz CT molecular complexity index is 1060. The zero-order chi connectivity index (χ0) is 21.3. The van der Waals surface area contributed by atoms with Crippen LogP contribution in [0.1, 0.15) is 5.56 Å². The monoisotopic (exact) mass is 423 g/mol. The van der Waals surface area contributed by atoms with E-state index in [1.165, 1.54) is 19.1 Å². The van der Waals surface area contributed by atoms with Gasteiger partial charge in [-0.15, -0.1) is 0 Å². The Morgan fingerprint density at radius 3 is 2.67 bits per heavy atom. The van der Waals surface area contributed by atoms with Crippen molar-refractivity contribution in [3.05, 3.63) is 54.2 Å². The van der Waals surface area contributed by atoms with Crippen LogP contribution in [0.3, 0.4) is 0 Å². The van der Waals surface area contributed by atoms with Gasteiger partial charge in [-0.3, -0.25) is 4.72 Å². The third-order valence-corrected chi connectivity index (χ3v) is 4.99. The molecule has 9 heteroatoms. The number of anilines is 2. The molecular formula is C21H21N5O3S. The number of ether oxygens (including phenoxy) is 2. The van der Waals surface area contributed by atoms with Crippen LogP contribution in [0, 0.1) is 11.3 Å². The summed E-state index contributed by atoms with van der Waals surface area (Å²) in [6.07, 6.45) is 1.65. The molecule has 2 aromatic carbocycles. The van der Waals surface area contributed by atoms with Crippen molar-refractivity contribution in [2.45, 2.75) is 4.90 Å². The van der Waals surface area contributed by atoms with Gasteiger partial charge in [0.15, 0.2) is 0 Å². The molecule has 0 bridgehead atoms. The zero-order valence-corrected chi connectivity index (χ0v) is 17.4. The highest BCUT2D eigenvalue weighted by Crippen LogP contribution is 2.31. The minimum absolute atomic E-state index is 0.0622. The average molecular weight is 423 g/mol. The van der Waals surface area contributed by atoms with Crippen LogP contribution in [0.25, 0.3) is 11.3 Å². The molecule has 30 heavy (non-hydrogen) atoms. The summed E-state index contributed by atoms with van der Waals surface area (Å²) in [5, 5.41) is 21.4. The van der Waals surface area contributed by atoms with Crippen molar-refractivity contribution in [1.29, 1.82) is 5.26 Å². The van der Waals surface area contributed by atoms with Crippen molar-refractivity contribution in [2.24, 2.45) is 0 Å². The van der Waals surface area contributed by atoms with E-state index in [-0.39, 0.29) is 6.61 Å². The van der Waals surface area contributed by atoms with Gasteiger partial charge >= 0.3 is 0 Å². The lowest BCUT2D eigenvalue weighted by Crippen LogP contribution is -2.09. The second kappa shape index (κ2) is 10.5. The number of hydrogen-bond acceptors (Lipinski definition) is 9. The number of hydrogen-bond donors (Lipinski definition) is 3. The fourth-order valence-corrected chi connectivity index (χ4v) is 3.40. The van der Waals surface area contributed by atoms with Gasteiger partial charge in [0, 0.05) is 30.1 Å². The molecule has 0 saturated carbocycles. The summed E-state index contributed by atoms with van der Waals surface area (Å²) >= 11 is 1.39. The predicted octanol–water partition coefficient (Wildman–Crippen LogP) is 3.37. The second-order valence-corrected chi connectivity index (χ2v) is 6.94. The molecule has 0 amide bonds. The first-order chi connectivity index (χ1) is 14.7. The molecule has 0 aliphatic heterocycles. The molecule has 1 heterocycles. The van der Waals surface area contributed by atoms with E-state index in [1.807, 2.05) is 24.3 Å². The quantitative estimate of drug-likeness (QED) is 0.352. The van der Waals surface area contributed by atoms with Gasteiger partial charge in [0.1, 0.15) is 17.6 Å². The first kappa shape index (κ1) is 21.4. The molecule has 154 valence electrons. The Morgan fingerprint density at radius 1 is 1.10 bits per heavy atom. The maximum absolute atomic E-state index is 9.30. The summed E-state index contributed by atoms with van der Waals surface area (Å²) in [5.74, 6) is 1.62. The lowest BCUT2D eigenvalue weighted by atomic mass is 10.1. The van der Waals surface area contributed by atoms with Crippen LogP contribution in [0.4, 0.5) is 11.6 Å². The van der Waals surface area contributed by atoms with Gasteiger partial charge in [-0.2, -0.15) is 5.26 Å². The normalized spacial score (nSPS) is 10.3. The van der Waals surface area contributed by atoms with E-state index in [0.717, 1.165) is 16.1 Å². The molecular weight excluding hydrogens is 402 g/mol. The Hall–Kier alpha value is -3.32. The summed E-state index contributed by atoms with van der Waals surface area (Å²) in [6.45, 7) is 0.542. The molecule has 0 aliphatic rings. The van der Waals surface area contributed by atoms with Crippen molar-refractivity contribution < 1.29 is 14.6 Å². The van der Waals surface area contributed by atoms with Crippen molar-refractivity contribution >= 4 is 23.6 Å². The highest BCUT2D eigenvalue weighted by molar-refractivity contribution is 7.97. The molecule has 3 rings (SSSR count). The molecule has 3 aromatic rings. The second-order valence-electron chi connectivity index (χ2n) is 6.00. The largest absolute Gasteiger partial charge is 0.495 e. The third kappa shape index (κ3) is 5.18. The van der Waals surface area contributed by atoms with Gasteiger partial charge in [0.05, 0.1) is 37.0 Å². The van der Waals surface area contributed by atoms with Crippen LogP contribution in [-0.2, 0) is 0 Å². The highest BCUT2D eigenvalue weighted by atomic mass is 32.2. The SMILES string of the molecule is COc1ccc(-c2ccnc(Nc3ccc(SNCCO)c(OC)c3)n2)cc1C#N. The number of rotatable bonds is 9. The Balaban J connectivity index is 1.81. The zero-order valence-electron chi connectivity index (χ0n) is 16.5. The number of aliphatic hydroxyl groups is 1. The molecule has 0 aliphatic carbocycles. The number of aromatic nitrogens is 2. The molecule has 1 aromatic heterocycles. The Kier molecular flexibility index (Phi) is 7.45. The number of methoxy groups -OCH3 is 2. The Labute approximate surface area is 179 Å². The van der Waals surface area contributed by atoms with Gasteiger partial charge in [-0.05, 0) is 48.3 Å². The molecule has 0 saturated heterocycles. The lowest BCUT2D eigenvalue weighted by molar-refractivity contribution is 0.302. The van der Waals surface area contributed by atoms with E-state index in [9.17, 15) is 5.26 Å². The molecule has 8 nitrogen and oxygen atoms in total. The molecule has 0 radical (unpaired) electrons. The van der Waals surface area contributed by atoms with Crippen LogP contribution < -0.4 is 19.5 Å². The van der Waals surface area contributed by atoms with Crippen LogP contribution in [-0.4, -0.2) is 42.4 Å². The summed E-state index contributed by atoms with van der Waals surface area (Å²) in [6, 6.07) is 14.9. The van der Waals surface area contributed by atoms with Gasteiger partial charge in [0.25, 0.3) is 0 Å². The number of benzene rings is 2. The Morgan fingerprint density at radius 2 is 1.93 bits per heavy atom. The van der Waals surface area contributed by atoms with Crippen molar-refractivity contribution in [1.82, 2.24) is 14.7 Å². The minimum atomic E-state index is 0.0622. The van der Waals surface area contributed by atoms with Gasteiger partial charge < -0.3 is 19.9 Å². The van der Waals surface area contributed by atoms with Crippen molar-refractivity contribution in [3.8, 4) is 28.8 Å². The molecule has 3 N–H and O–H groups in total. The lowest BCUT2D eigenvalue weighted by Gasteiger charge is -2.12. The number of nitrogens with one attached hydrogen (secondary N) is 2. The first-order valence-corrected chi connectivity index (χ1v) is 9.87. The van der Waals surface area contributed by atoms with Crippen LogP contribution in [0.2, 0.25) is 0 Å². The van der Waals surface area contributed by atoms with Crippen LogP contribution >= 0.6 is 11.9 Å². The number of aliphatic hydroxyl groups excluding tert-OH is 1. The summed E-state index contributed by atoms with van der Waals surface area (Å²) in [7, 11) is 3.13.